The van der Waals surface area contributed by atoms with Gasteiger partial charge in [-0.05, 0) is 61.8 Å². The van der Waals surface area contributed by atoms with Gasteiger partial charge in [-0.25, -0.2) is 0 Å². The Balaban J connectivity index is 1.78. The first kappa shape index (κ1) is 27.1. The lowest BCUT2D eigenvalue weighted by atomic mass is 9.42. The topological polar surface area (TPSA) is 237 Å². The van der Waals surface area contributed by atoms with Crippen LogP contribution in [0.15, 0.2) is 36.4 Å². The smallest absolute Gasteiger partial charge is 0.235 e. The van der Waals surface area contributed by atoms with Crippen LogP contribution in [0.1, 0.15) is 22.3 Å². The molecular weight excluding hydrogens is 516 g/mol. The first-order valence-corrected chi connectivity index (χ1v) is 12.5. The predicted molar refractivity (Wildman–Crippen MR) is 141 cm³/mol. The van der Waals surface area contributed by atoms with Gasteiger partial charge in [-0.2, -0.15) is 5.26 Å². The average molecular weight is 545 g/mol. The van der Waals surface area contributed by atoms with Gasteiger partial charge in [0.1, 0.15) is 11.7 Å². The summed E-state index contributed by atoms with van der Waals surface area (Å²) in [7, 11) is 2.90. The number of nitrogens with two attached hydrogens (primary N) is 4. The number of nitrogen functional groups attached to an aromatic ring is 1. The molecule has 6 atom stereocenters. The summed E-state index contributed by atoms with van der Waals surface area (Å²) in [5, 5.41) is 21.2. The van der Waals surface area contributed by atoms with E-state index in [4.69, 9.17) is 22.9 Å². The number of Topliss-reactive ketones (excluding diaryl/α,β-unsaturated/α-hetero) is 4. The molecule has 2 aromatic rings. The van der Waals surface area contributed by atoms with Gasteiger partial charge in [-0.3, -0.25) is 28.9 Å². The number of likely N-dealkylation sites (N-methyl/N-ethyl adjacent to an activating group) is 1. The van der Waals surface area contributed by atoms with Crippen LogP contribution < -0.4 is 22.9 Å². The van der Waals surface area contributed by atoms with Crippen LogP contribution in [-0.4, -0.2) is 70.3 Å². The number of ketones is 4. The Bertz CT molecular complexity index is 1600. The van der Waals surface area contributed by atoms with Gasteiger partial charge in [0, 0.05) is 11.2 Å². The second-order valence-electron chi connectivity index (χ2n) is 11.2. The molecule has 0 bridgehead atoms. The summed E-state index contributed by atoms with van der Waals surface area (Å²) in [5.74, 6) is -10.1. The monoisotopic (exact) mass is 544 g/mol. The molecule has 0 spiro atoms. The molecular formula is C28H28N6O6. The number of amides is 1. The van der Waals surface area contributed by atoms with E-state index in [9.17, 15) is 34.3 Å². The van der Waals surface area contributed by atoms with Crippen molar-refractivity contribution in [1.29, 1.82) is 5.26 Å². The summed E-state index contributed by atoms with van der Waals surface area (Å²) in [6.45, 7) is 0. The summed E-state index contributed by atoms with van der Waals surface area (Å²) in [5.41, 5.74) is 20.1. The molecule has 3 aliphatic rings. The quantitative estimate of drug-likeness (QED) is 0.233. The van der Waals surface area contributed by atoms with Gasteiger partial charge < -0.3 is 28.0 Å². The molecule has 0 radical (unpaired) electrons. The number of carbonyl (C=O) groups is 5. The lowest BCUT2D eigenvalue weighted by molar-refractivity contribution is -0.166. The van der Waals surface area contributed by atoms with Crippen molar-refractivity contribution >= 4 is 34.7 Å². The van der Waals surface area contributed by atoms with Crippen LogP contribution in [0.4, 0.5) is 5.69 Å². The first-order chi connectivity index (χ1) is 18.7. The van der Waals surface area contributed by atoms with E-state index in [2.05, 4.69) is 0 Å². The number of primary amides is 1. The number of hydrogen-bond acceptors (Lipinski definition) is 11. The normalized spacial score (nSPS) is 33.1. The maximum atomic E-state index is 14.3. The van der Waals surface area contributed by atoms with E-state index in [0.717, 1.165) is 0 Å². The number of aromatic hydroxyl groups is 1. The molecule has 0 aliphatic heterocycles. The fourth-order valence-corrected chi connectivity index (χ4v) is 7.18. The molecule has 0 heterocycles. The molecule has 206 valence electrons. The molecule has 40 heavy (non-hydrogen) atoms. The number of carbonyl (C=O) groups excluding carboxylic acids is 5. The number of nitrogens with zero attached hydrogens (tertiary/aromatic N) is 2. The Morgan fingerprint density at radius 3 is 2.35 bits per heavy atom. The number of hydrogen-bond donors (Lipinski definition) is 5. The SMILES string of the molecule is CN(C)[C@@H]1C(=O)C(C(N)=O)C(=O)[C@@]2(C#N)C(=O)C3C(=O)c4c(O)ccc(-c5cccc(N)c5)c4C[C@@]3(N)C[C@@]12N. The molecule has 9 N–H and O–H groups in total. The summed E-state index contributed by atoms with van der Waals surface area (Å²) >= 11 is 0. The van der Waals surface area contributed by atoms with E-state index in [0.29, 0.717) is 22.4 Å². The molecule has 12 nitrogen and oxygen atoms in total. The molecule has 12 heteroatoms. The van der Waals surface area contributed by atoms with Crippen LogP contribution >= 0.6 is 0 Å². The number of nitriles is 1. The number of benzene rings is 2. The highest BCUT2D eigenvalue weighted by Crippen LogP contribution is 2.56. The molecule has 3 aliphatic carbocycles. The number of phenols is 1. The van der Waals surface area contributed by atoms with Gasteiger partial charge in [-0.1, -0.05) is 18.2 Å². The van der Waals surface area contributed by atoms with Gasteiger partial charge in [0.05, 0.1) is 23.2 Å². The fourth-order valence-electron chi connectivity index (χ4n) is 7.18. The third kappa shape index (κ3) is 3.19. The van der Waals surface area contributed by atoms with E-state index in [1.807, 2.05) is 0 Å². The summed E-state index contributed by atoms with van der Waals surface area (Å²) in [6.07, 6.45) is -0.641. The molecule has 5 rings (SSSR count). The van der Waals surface area contributed by atoms with E-state index in [1.54, 1.807) is 36.4 Å². The van der Waals surface area contributed by atoms with Crippen LogP contribution in [0.5, 0.6) is 5.75 Å². The molecule has 2 unspecified atom stereocenters. The fraction of sp³-hybridized carbons (Fsp3) is 0.357. The van der Waals surface area contributed by atoms with Crippen molar-refractivity contribution < 1.29 is 29.1 Å². The van der Waals surface area contributed by atoms with Gasteiger partial charge >= 0.3 is 0 Å². The van der Waals surface area contributed by atoms with Crippen molar-refractivity contribution in [2.45, 2.75) is 30.0 Å². The molecule has 2 fully saturated rings. The zero-order chi connectivity index (χ0) is 29.5. The zero-order valence-corrected chi connectivity index (χ0v) is 21.8. The third-order valence-corrected chi connectivity index (χ3v) is 8.67. The molecule has 2 saturated carbocycles. The zero-order valence-electron chi connectivity index (χ0n) is 21.8. The molecule has 2 aromatic carbocycles. The van der Waals surface area contributed by atoms with Gasteiger partial charge in [0.2, 0.25) is 5.91 Å². The van der Waals surface area contributed by atoms with E-state index < -0.39 is 75.6 Å². The van der Waals surface area contributed by atoms with Crippen molar-refractivity contribution in [3.63, 3.8) is 0 Å². The molecule has 0 aromatic heterocycles. The highest BCUT2D eigenvalue weighted by atomic mass is 16.3. The Hall–Kier alpha value is -4.44. The van der Waals surface area contributed by atoms with Crippen molar-refractivity contribution in [3.8, 4) is 22.9 Å². The molecule has 0 saturated heterocycles. The second-order valence-corrected chi connectivity index (χ2v) is 11.2. The number of fused-ring (bicyclic) bond motifs is 3. The first-order valence-electron chi connectivity index (χ1n) is 12.5. The maximum absolute atomic E-state index is 14.3. The highest BCUT2D eigenvalue weighted by Gasteiger charge is 2.78. The largest absolute Gasteiger partial charge is 0.507 e. The van der Waals surface area contributed by atoms with E-state index >= 15 is 0 Å². The lowest BCUT2D eigenvalue weighted by Gasteiger charge is -2.60. The Labute approximate surface area is 228 Å². The summed E-state index contributed by atoms with van der Waals surface area (Å²) in [4.78, 5) is 69.2. The second kappa shape index (κ2) is 8.53. The van der Waals surface area contributed by atoms with Crippen LogP contribution in [0, 0.1) is 28.6 Å². The minimum Gasteiger partial charge on any atom is -0.507 e. The Morgan fingerprint density at radius 1 is 1.10 bits per heavy atom. The van der Waals surface area contributed by atoms with Crippen molar-refractivity contribution in [2.75, 3.05) is 19.8 Å². The van der Waals surface area contributed by atoms with E-state index in [1.165, 1.54) is 25.1 Å². The van der Waals surface area contributed by atoms with Crippen LogP contribution in [0.25, 0.3) is 11.1 Å². The minimum absolute atomic E-state index is 0.161. The van der Waals surface area contributed by atoms with Crippen molar-refractivity contribution in [1.82, 2.24) is 4.90 Å². The lowest BCUT2D eigenvalue weighted by Crippen LogP contribution is -2.85. The standard InChI is InChI=1S/C28H28N6O6/c1-34(2)22-21(37)18(25(31)40)23(38)27(11-29)24(39)19-20(36)17-15(9-26(19,32)10-28(22,27)33)14(6-7-16(17)35)12-4-3-5-13(30)8-12/h3-8,18-19,22,35H,9-10,30,32-33H2,1-2H3,(H2,31,40)/t18?,19?,22-,26-,27+,28-/m1/s1. The highest BCUT2D eigenvalue weighted by molar-refractivity contribution is 6.33. The summed E-state index contributed by atoms with van der Waals surface area (Å²) in [6, 6.07) is 9.94. The van der Waals surface area contributed by atoms with Crippen molar-refractivity contribution in [3.05, 3.63) is 47.5 Å². The van der Waals surface area contributed by atoms with Crippen LogP contribution in [-0.2, 0) is 25.6 Å². The van der Waals surface area contributed by atoms with Crippen LogP contribution in [0.3, 0.4) is 0 Å². The van der Waals surface area contributed by atoms with E-state index in [-0.39, 0.29) is 12.0 Å². The number of anilines is 1. The maximum Gasteiger partial charge on any atom is 0.235 e. The molecule has 1 amide bonds. The minimum atomic E-state index is -2.78. The van der Waals surface area contributed by atoms with Crippen molar-refractivity contribution in [2.24, 2.45) is 34.5 Å². The van der Waals surface area contributed by atoms with Gasteiger partial charge in [0.25, 0.3) is 0 Å². The van der Waals surface area contributed by atoms with Gasteiger partial charge in [-0.15, -0.1) is 0 Å². The number of phenolic OH excluding ortho intramolecular Hbond substituents is 1. The Kier molecular flexibility index (Phi) is 5.79. The summed E-state index contributed by atoms with van der Waals surface area (Å²) < 4.78 is 0. The van der Waals surface area contributed by atoms with Gasteiger partial charge in [0.15, 0.2) is 34.5 Å². The Morgan fingerprint density at radius 2 is 1.77 bits per heavy atom. The number of rotatable bonds is 3. The van der Waals surface area contributed by atoms with Crippen LogP contribution in [0.2, 0.25) is 0 Å². The predicted octanol–water partition coefficient (Wildman–Crippen LogP) is -0.942. The third-order valence-electron chi connectivity index (χ3n) is 8.67. The average Bonchev–Trinajstić information content (AvgIpc) is 2.83.